The van der Waals surface area contributed by atoms with Gasteiger partial charge in [-0.1, -0.05) is 55.5 Å². The maximum absolute atomic E-state index is 12.1. The van der Waals surface area contributed by atoms with Crippen LogP contribution in [0.15, 0.2) is 60.7 Å². The minimum absolute atomic E-state index is 0.0728. The Morgan fingerprint density at radius 2 is 1.78 bits per heavy atom. The molecule has 0 aliphatic rings. The molecule has 0 heterocycles. The predicted molar refractivity (Wildman–Crippen MR) is 92.3 cm³/mol. The minimum Gasteiger partial charge on any atom is -0.497 e. The van der Waals surface area contributed by atoms with Crippen molar-refractivity contribution in [2.45, 2.75) is 13.5 Å². The molecule has 0 radical (unpaired) electrons. The Hall–Kier alpha value is -2.39. The van der Waals surface area contributed by atoms with Gasteiger partial charge < -0.3 is 9.47 Å². The second kappa shape index (κ2) is 8.91. The van der Waals surface area contributed by atoms with Gasteiger partial charge in [0.05, 0.1) is 20.3 Å². The largest absolute Gasteiger partial charge is 0.497 e. The monoisotopic (exact) mass is 310 g/mol. The van der Waals surface area contributed by atoms with Crippen molar-refractivity contribution in [2.24, 2.45) is 5.92 Å². The molecule has 2 rings (SSSR count). The van der Waals surface area contributed by atoms with E-state index in [-0.39, 0.29) is 11.7 Å². The number of methoxy groups -OCH3 is 1. The van der Waals surface area contributed by atoms with E-state index in [1.807, 2.05) is 67.6 Å². The number of rotatable bonds is 8. The molecule has 0 saturated heterocycles. The third kappa shape index (κ3) is 5.72. The Morgan fingerprint density at radius 3 is 2.43 bits per heavy atom. The summed E-state index contributed by atoms with van der Waals surface area (Å²) in [6.07, 6.45) is 3.46. The van der Waals surface area contributed by atoms with Crippen molar-refractivity contribution < 1.29 is 14.3 Å². The fraction of sp³-hybridized carbons (Fsp3) is 0.250. The van der Waals surface area contributed by atoms with Crippen LogP contribution in [0.25, 0.3) is 6.08 Å². The molecular formula is C20H22O3. The quantitative estimate of drug-likeness (QED) is 0.688. The Labute approximate surface area is 137 Å². The average Bonchev–Trinajstić information content (AvgIpc) is 2.61. The molecule has 1 atom stereocenters. The molecule has 2 aromatic rings. The third-order valence-corrected chi connectivity index (χ3v) is 3.52. The smallest absolute Gasteiger partial charge is 0.160 e. The molecule has 0 saturated carbocycles. The molecule has 0 unspecified atom stereocenters. The Bertz CT molecular complexity index is 630. The first-order chi connectivity index (χ1) is 11.2. The zero-order valence-electron chi connectivity index (χ0n) is 13.6. The highest BCUT2D eigenvalue weighted by atomic mass is 16.5. The second-order valence-electron chi connectivity index (χ2n) is 5.41. The lowest BCUT2D eigenvalue weighted by Crippen LogP contribution is -2.14. The molecule has 23 heavy (non-hydrogen) atoms. The number of hydrogen-bond acceptors (Lipinski definition) is 3. The third-order valence-electron chi connectivity index (χ3n) is 3.52. The first kappa shape index (κ1) is 17.0. The molecule has 3 heteroatoms. The summed E-state index contributed by atoms with van der Waals surface area (Å²) in [6, 6.07) is 17.5. The van der Waals surface area contributed by atoms with E-state index in [9.17, 15) is 4.79 Å². The van der Waals surface area contributed by atoms with Crippen molar-refractivity contribution in [3.8, 4) is 5.75 Å². The van der Waals surface area contributed by atoms with Crippen LogP contribution in [-0.2, 0) is 16.1 Å². The number of carbonyl (C=O) groups is 1. The van der Waals surface area contributed by atoms with E-state index in [4.69, 9.17) is 9.47 Å². The van der Waals surface area contributed by atoms with Gasteiger partial charge in [0, 0.05) is 5.92 Å². The van der Waals surface area contributed by atoms with E-state index in [0.717, 1.165) is 16.9 Å². The molecule has 0 N–H and O–H groups in total. The van der Waals surface area contributed by atoms with Crippen LogP contribution in [0.2, 0.25) is 0 Å². The maximum atomic E-state index is 12.1. The highest BCUT2D eigenvalue weighted by molar-refractivity contribution is 5.95. The standard InChI is InChI=1S/C20H22O3/c1-16(20(21)13-10-17-6-4-3-5-7-17)14-23-15-18-8-11-19(22-2)12-9-18/h3-13,16H,14-15H2,1-2H3/b13-10+/t16-/m1/s1. The molecule has 0 aliphatic heterocycles. The molecule has 0 spiro atoms. The Morgan fingerprint density at radius 1 is 1.09 bits per heavy atom. The van der Waals surface area contributed by atoms with Gasteiger partial charge in [-0.15, -0.1) is 0 Å². The normalized spacial score (nSPS) is 12.3. The number of ketones is 1. The zero-order valence-corrected chi connectivity index (χ0v) is 13.6. The Balaban J connectivity index is 1.76. The minimum atomic E-state index is -0.159. The van der Waals surface area contributed by atoms with Gasteiger partial charge in [0.1, 0.15) is 5.75 Å². The Kier molecular flexibility index (Phi) is 6.57. The number of ether oxygens (including phenoxy) is 2. The lowest BCUT2D eigenvalue weighted by atomic mass is 10.1. The summed E-state index contributed by atoms with van der Waals surface area (Å²) in [7, 11) is 1.64. The maximum Gasteiger partial charge on any atom is 0.160 e. The van der Waals surface area contributed by atoms with E-state index in [2.05, 4.69) is 0 Å². The van der Waals surface area contributed by atoms with E-state index in [0.29, 0.717) is 13.2 Å². The van der Waals surface area contributed by atoms with E-state index < -0.39 is 0 Å². The highest BCUT2D eigenvalue weighted by Crippen LogP contribution is 2.12. The molecular weight excluding hydrogens is 288 g/mol. The van der Waals surface area contributed by atoms with Crippen molar-refractivity contribution in [3.05, 3.63) is 71.8 Å². The van der Waals surface area contributed by atoms with Gasteiger partial charge in [0.25, 0.3) is 0 Å². The predicted octanol–water partition coefficient (Wildman–Crippen LogP) is 4.13. The van der Waals surface area contributed by atoms with Crippen LogP contribution in [0.4, 0.5) is 0 Å². The summed E-state index contributed by atoms with van der Waals surface area (Å²) in [5.74, 6) is 0.736. The van der Waals surface area contributed by atoms with Gasteiger partial charge in [0.2, 0.25) is 0 Å². The first-order valence-corrected chi connectivity index (χ1v) is 7.66. The van der Waals surface area contributed by atoms with Gasteiger partial charge in [0.15, 0.2) is 5.78 Å². The number of hydrogen-bond donors (Lipinski definition) is 0. The van der Waals surface area contributed by atoms with Crippen molar-refractivity contribution in [2.75, 3.05) is 13.7 Å². The summed E-state index contributed by atoms with van der Waals surface area (Å²) in [5, 5.41) is 0. The van der Waals surface area contributed by atoms with Gasteiger partial charge in [-0.25, -0.2) is 0 Å². The van der Waals surface area contributed by atoms with Crippen molar-refractivity contribution in [1.82, 2.24) is 0 Å². The first-order valence-electron chi connectivity index (χ1n) is 7.66. The van der Waals surface area contributed by atoms with Gasteiger partial charge >= 0.3 is 0 Å². The second-order valence-corrected chi connectivity index (χ2v) is 5.41. The summed E-state index contributed by atoms with van der Waals surface area (Å²) in [6.45, 7) is 2.78. The van der Waals surface area contributed by atoms with Crippen LogP contribution >= 0.6 is 0 Å². The van der Waals surface area contributed by atoms with Gasteiger partial charge in [-0.2, -0.15) is 0 Å². The highest BCUT2D eigenvalue weighted by Gasteiger charge is 2.10. The summed E-state index contributed by atoms with van der Waals surface area (Å²) in [4.78, 5) is 12.1. The van der Waals surface area contributed by atoms with Crippen molar-refractivity contribution in [3.63, 3.8) is 0 Å². The summed E-state index contributed by atoms with van der Waals surface area (Å²) < 4.78 is 10.7. The van der Waals surface area contributed by atoms with E-state index in [1.54, 1.807) is 13.2 Å². The van der Waals surface area contributed by atoms with Crippen molar-refractivity contribution in [1.29, 1.82) is 0 Å². The summed E-state index contributed by atoms with van der Waals surface area (Å²) in [5.41, 5.74) is 2.08. The topological polar surface area (TPSA) is 35.5 Å². The molecule has 0 bridgehead atoms. The summed E-state index contributed by atoms with van der Waals surface area (Å²) >= 11 is 0. The molecule has 0 aromatic heterocycles. The van der Waals surface area contributed by atoms with Crippen LogP contribution in [-0.4, -0.2) is 19.5 Å². The number of allylic oxidation sites excluding steroid dienone is 1. The molecule has 0 fully saturated rings. The fourth-order valence-corrected chi connectivity index (χ4v) is 2.06. The number of benzene rings is 2. The van der Waals surface area contributed by atoms with E-state index >= 15 is 0 Å². The molecule has 2 aromatic carbocycles. The average molecular weight is 310 g/mol. The van der Waals surface area contributed by atoms with E-state index in [1.165, 1.54) is 0 Å². The van der Waals surface area contributed by atoms with Crippen LogP contribution in [0, 0.1) is 5.92 Å². The lowest BCUT2D eigenvalue weighted by molar-refractivity contribution is -0.119. The molecule has 3 nitrogen and oxygen atoms in total. The van der Waals surface area contributed by atoms with Crippen LogP contribution in [0.5, 0.6) is 5.75 Å². The fourth-order valence-electron chi connectivity index (χ4n) is 2.06. The van der Waals surface area contributed by atoms with Crippen LogP contribution in [0.3, 0.4) is 0 Å². The lowest BCUT2D eigenvalue weighted by Gasteiger charge is -2.09. The molecule has 0 aliphatic carbocycles. The molecule has 120 valence electrons. The van der Waals surface area contributed by atoms with Gasteiger partial charge in [-0.3, -0.25) is 4.79 Å². The van der Waals surface area contributed by atoms with Crippen LogP contribution < -0.4 is 4.74 Å². The van der Waals surface area contributed by atoms with Gasteiger partial charge in [-0.05, 0) is 29.3 Å². The number of carbonyl (C=O) groups excluding carboxylic acids is 1. The molecule has 0 amide bonds. The van der Waals surface area contributed by atoms with Crippen LogP contribution in [0.1, 0.15) is 18.1 Å². The SMILES string of the molecule is COc1ccc(COC[C@@H](C)C(=O)/C=C/c2ccccc2)cc1. The zero-order chi connectivity index (χ0) is 16.5. The van der Waals surface area contributed by atoms with Crippen molar-refractivity contribution >= 4 is 11.9 Å².